The van der Waals surface area contributed by atoms with Gasteiger partial charge in [-0.05, 0) is 69.5 Å². The van der Waals surface area contributed by atoms with Gasteiger partial charge in [0.2, 0.25) is 11.8 Å². The van der Waals surface area contributed by atoms with E-state index in [-0.39, 0.29) is 34.6 Å². The third-order valence-corrected chi connectivity index (χ3v) is 9.75. The van der Waals surface area contributed by atoms with E-state index in [1.165, 1.54) is 23.1 Å². The van der Waals surface area contributed by atoms with Crippen LogP contribution in [0.1, 0.15) is 49.3 Å². The lowest BCUT2D eigenvalue weighted by Crippen LogP contribution is -2.52. The van der Waals surface area contributed by atoms with Crippen LogP contribution in [0.15, 0.2) is 71.6 Å². The maximum Gasteiger partial charge on any atom is 0.264 e. The largest absolute Gasteiger partial charge is 0.352 e. The summed E-state index contributed by atoms with van der Waals surface area (Å²) in [4.78, 5) is 28.6. The molecule has 218 valence electrons. The molecular formula is C31H35ClFN3O4S. The number of carbonyl (C=O) groups is 2. The molecule has 0 aliphatic heterocycles. The third-order valence-electron chi connectivity index (χ3n) is 7.56. The zero-order valence-electron chi connectivity index (χ0n) is 23.4. The highest BCUT2D eigenvalue weighted by Crippen LogP contribution is 2.31. The van der Waals surface area contributed by atoms with Gasteiger partial charge in [-0.15, -0.1) is 0 Å². The number of nitrogens with zero attached hydrogens (tertiary/aromatic N) is 2. The summed E-state index contributed by atoms with van der Waals surface area (Å²) >= 11 is 6.36. The maximum atomic E-state index is 14.7. The number of hydrogen-bond donors (Lipinski definition) is 1. The molecule has 1 aliphatic rings. The summed E-state index contributed by atoms with van der Waals surface area (Å²) in [5, 5.41) is 3.34. The van der Waals surface area contributed by atoms with E-state index in [2.05, 4.69) is 5.32 Å². The highest BCUT2D eigenvalue weighted by atomic mass is 35.5. The number of benzene rings is 3. The van der Waals surface area contributed by atoms with Crippen molar-refractivity contribution in [1.82, 2.24) is 10.2 Å². The Hall–Kier alpha value is -3.43. The Morgan fingerprint density at radius 3 is 2.32 bits per heavy atom. The standard InChI is InChI=1S/C31H35ClFN3O4S/c1-21-15-17-26(18-16-21)41(39,40)36(29-14-8-12-27(32)22(29)2)20-30(37)35(19-24-9-4-7-13-28(24)33)23(3)31(38)34-25-10-5-6-11-25/h4,7-9,12-18,23,25H,5-6,10-11,19-20H2,1-3H3,(H,34,38)/t23-/m0/s1. The Labute approximate surface area is 246 Å². The van der Waals surface area contributed by atoms with Crippen LogP contribution in [0.25, 0.3) is 0 Å². The Balaban J connectivity index is 1.73. The van der Waals surface area contributed by atoms with E-state index < -0.39 is 34.3 Å². The molecule has 0 saturated heterocycles. The van der Waals surface area contributed by atoms with Crippen molar-refractivity contribution in [3.05, 3.63) is 94.3 Å². The van der Waals surface area contributed by atoms with Crippen molar-refractivity contribution in [3.8, 4) is 0 Å². The predicted molar refractivity (Wildman–Crippen MR) is 159 cm³/mol. The molecule has 0 aromatic heterocycles. The second-order valence-corrected chi connectivity index (χ2v) is 12.8. The van der Waals surface area contributed by atoms with Crippen LogP contribution in [0, 0.1) is 19.7 Å². The monoisotopic (exact) mass is 599 g/mol. The quantitative estimate of drug-likeness (QED) is 0.321. The van der Waals surface area contributed by atoms with Gasteiger partial charge in [-0.2, -0.15) is 0 Å². The van der Waals surface area contributed by atoms with Gasteiger partial charge in [-0.25, -0.2) is 12.8 Å². The molecule has 1 saturated carbocycles. The lowest BCUT2D eigenvalue weighted by Gasteiger charge is -2.33. The number of nitrogens with one attached hydrogen (secondary N) is 1. The molecular weight excluding hydrogens is 565 g/mol. The molecule has 0 unspecified atom stereocenters. The lowest BCUT2D eigenvalue weighted by atomic mass is 10.1. The van der Waals surface area contributed by atoms with E-state index >= 15 is 0 Å². The van der Waals surface area contributed by atoms with Crippen LogP contribution in [-0.2, 0) is 26.2 Å². The lowest BCUT2D eigenvalue weighted by molar-refractivity contribution is -0.139. The van der Waals surface area contributed by atoms with E-state index in [4.69, 9.17) is 11.6 Å². The second-order valence-electron chi connectivity index (χ2n) is 10.5. The van der Waals surface area contributed by atoms with Gasteiger partial charge in [0.1, 0.15) is 18.4 Å². The third kappa shape index (κ3) is 7.08. The first-order valence-corrected chi connectivity index (χ1v) is 15.5. The van der Waals surface area contributed by atoms with Crippen molar-refractivity contribution < 1.29 is 22.4 Å². The fourth-order valence-corrected chi connectivity index (χ4v) is 6.64. The van der Waals surface area contributed by atoms with E-state index in [1.54, 1.807) is 62.4 Å². The number of hydrogen-bond acceptors (Lipinski definition) is 4. The average molecular weight is 600 g/mol. The molecule has 1 atom stereocenters. The molecule has 0 spiro atoms. The van der Waals surface area contributed by atoms with Crippen molar-refractivity contribution in [2.45, 2.75) is 70.0 Å². The summed E-state index contributed by atoms with van der Waals surface area (Å²) in [5.74, 6) is -1.55. The normalized spacial score (nSPS) is 14.5. The van der Waals surface area contributed by atoms with Crippen molar-refractivity contribution in [3.63, 3.8) is 0 Å². The van der Waals surface area contributed by atoms with Crippen LogP contribution in [0.2, 0.25) is 5.02 Å². The first-order valence-electron chi connectivity index (χ1n) is 13.7. The number of anilines is 1. The number of halogens is 2. The van der Waals surface area contributed by atoms with Crippen LogP contribution in [-0.4, -0.2) is 43.8 Å². The fourth-order valence-electron chi connectivity index (χ4n) is 5.00. The van der Waals surface area contributed by atoms with E-state index in [0.29, 0.717) is 10.6 Å². The zero-order chi connectivity index (χ0) is 29.7. The van der Waals surface area contributed by atoms with E-state index in [0.717, 1.165) is 35.6 Å². The van der Waals surface area contributed by atoms with Crippen molar-refractivity contribution >= 4 is 39.1 Å². The SMILES string of the molecule is Cc1ccc(S(=O)(=O)N(CC(=O)N(Cc2ccccc2F)[C@@H](C)C(=O)NC2CCCC2)c2cccc(Cl)c2C)cc1. The van der Waals surface area contributed by atoms with Crippen LogP contribution in [0.3, 0.4) is 0 Å². The van der Waals surface area contributed by atoms with Gasteiger partial charge in [0.05, 0.1) is 10.6 Å². The summed E-state index contributed by atoms with van der Waals surface area (Å²) in [7, 11) is -4.23. The van der Waals surface area contributed by atoms with E-state index in [9.17, 15) is 22.4 Å². The molecule has 1 aliphatic carbocycles. The van der Waals surface area contributed by atoms with Gasteiger partial charge >= 0.3 is 0 Å². The zero-order valence-corrected chi connectivity index (χ0v) is 25.0. The fraction of sp³-hybridized carbons (Fsp3) is 0.355. The summed E-state index contributed by atoms with van der Waals surface area (Å²) in [6.45, 7) is 4.27. The van der Waals surface area contributed by atoms with Crippen molar-refractivity contribution in [1.29, 1.82) is 0 Å². The highest BCUT2D eigenvalue weighted by Gasteiger charge is 2.34. The first-order chi connectivity index (χ1) is 19.5. The van der Waals surface area contributed by atoms with Crippen molar-refractivity contribution in [2.75, 3.05) is 10.8 Å². The minimum atomic E-state index is -4.23. The molecule has 3 aromatic carbocycles. The van der Waals surface area contributed by atoms with E-state index in [1.807, 2.05) is 6.92 Å². The highest BCUT2D eigenvalue weighted by molar-refractivity contribution is 7.92. The molecule has 7 nitrogen and oxygen atoms in total. The van der Waals surface area contributed by atoms with Crippen LogP contribution in [0.4, 0.5) is 10.1 Å². The number of carbonyl (C=O) groups excluding carboxylic acids is 2. The summed E-state index contributed by atoms with van der Waals surface area (Å²) < 4.78 is 43.7. The Kier molecular flexibility index (Phi) is 9.71. The molecule has 2 amide bonds. The van der Waals surface area contributed by atoms with Gasteiger partial charge in [0.15, 0.2) is 0 Å². The van der Waals surface area contributed by atoms with Gasteiger partial charge in [0, 0.05) is 23.2 Å². The minimum absolute atomic E-state index is 0.00274. The molecule has 10 heteroatoms. The van der Waals surface area contributed by atoms with Crippen molar-refractivity contribution in [2.24, 2.45) is 0 Å². The summed E-state index contributed by atoms with van der Waals surface area (Å²) in [5.41, 5.74) is 1.81. The first kappa shape index (κ1) is 30.5. The van der Waals surface area contributed by atoms with Crippen LogP contribution < -0.4 is 9.62 Å². The number of aryl methyl sites for hydroxylation is 1. The average Bonchev–Trinajstić information content (AvgIpc) is 3.45. The minimum Gasteiger partial charge on any atom is -0.352 e. The van der Waals surface area contributed by atoms with Crippen LogP contribution in [0.5, 0.6) is 0 Å². The predicted octanol–water partition coefficient (Wildman–Crippen LogP) is 5.77. The molecule has 41 heavy (non-hydrogen) atoms. The smallest absolute Gasteiger partial charge is 0.264 e. The van der Waals surface area contributed by atoms with Gasteiger partial charge in [-0.1, -0.05) is 66.4 Å². The Bertz CT molecular complexity index is 1510. The number of sulfonamides is 1. The number of rotatable bonds is 10. The molecule has 1 fully saturated rings. The summed E-state index contributed by atoms with van der Waals surface area (Å²) in [6, 6.07) is 16.2. The Morgan fingerprint density at radius 2 is 1.66 bits per heavy atom. The molecule has 0 heterocycles. The summed E-state index contributed by atoms with van der Waals surface area (Å²) in [6.07, 6.45) is 3.75. The molecule has 1 N–H and O–H groups in total. The second kappa shape index (κ2) is 13.0. The van der Waals surface area contributed by atoms with Gasteiger partial charge in [0.25, 0.3) is 10.0 Å². The molecule has 0 bridgehead atoms. The maximum absolute atomic E-state index is 14.7. The molecule has 0 radical (unpaired) electrons. The number of amides is 2. The topological polar surface area (TPSA) is 86.8 Å². The Morgan fingerprint density at radius 1 is 1.00 bits per heavy atom. The van der Waals surface area contributed by atoms with Gasteiger partial charge in [-0.3, -0.25) is 13.9 Å². The molecule has 4 rings (SSSR count). The molecule has 3 aromatic rings. The van der Waals surface area contributed by atoms with Crippen LogP contribution >= 0.6 is 11.6 Å². The van der Waals surface area contributed by atoms with Gasteiger partial charge < -0.3 is 10.2 Å².